The van der Waals surface area contributed by atoms with Gasteiger partial charge in [-0.1, -0.05) is 13.8 Å². The van der Waals surface area contributed by atoms with Gasteiger partial charge in [-0.2, -0.15) is 9.61 Å². The molecule has 0 spiro atoms. The molecule has 0 radical (unpaired) electrons. The van der Waals surface area contributed by atoms with E-state index in [1.54, 1.807) is 41.0 Å². The Morgan fingerprint density at radius 2 is 1.86 bits per heavy atom. The van der Waals surface area contributed by atoms with Crippen molar-refractivity contribution in [3.05, 3.63) is 47.8 Å². The van der Waals surface area contributed by atoms with Crippen LogP contribution in [0.15, 0.2) is 41.4 Å². The smallest absolute Gasteiger partial charge is 0.272 e. The molecule has 0 saturated carbocycles. The van der Waals surface area contributed by atoms with Crippen LogP contribution in [0.5, 0.6) is 0 Å². The van der Waals surface area contributed by atoms with Gasteiger partial charge in [0.2, 0.25) is 10.0 Å². The van der Waals surface area contributed by atoms with Gasteiger partial charge in [0.05, 0.1) is 11.1 Å². The fourth-order valence-electron chi connectivity index (χ4n) is 4.19. The summed E-state index contributed by atoms with van der Waals surface area (Å²) in [5.41, 5.74) is 8.38. The zero-order valence-electron chi connectivity index (χ0n) is 20.6. The summed E-state index contributed by atoms with van der Waals surface area (Å²) in [6, 6.07) is 8.17. The number of piperidine rings is 1. The minimum atomic E-state index is -3.52. The largest absolute Gasteiger partial charge is 0.340 e. The Morgan fingerprint density at radius 1 is 1.20 bits per heavy atom. The average molecular weight is 500 g/mol. The number of likely N-dealkylation sites (tertiary alicyclic amines) is 1. The van der Waals surface area contributed by atoms with Crippen molar-refractivity contribution in [3.63, 3.8) is 0 Å². The molecule has 3 aromatic rings. The zero-order chi connectivity index (χ0) is 25.3. The molecule has 10 nitrogen and oxygen atoms in total. The number of nitrogens with two attached hydrogens (primary N) is 1. The summed E-state index contributed by atoms with van der Waals surface area (Å²) in [7, 11) is -0.531. The summed E-state index contributed by atoms with van der Waals surface area (Å²) in [6.07, 6.45) is 3.55. The predicted octanol–water partition coefficient (Wildman–Crippen LogP) is 2.66. The number of carbonyl (C=O) groups excluding carboxylic acids is 1. The maximum atomic E-state index is 13.4. The molecule has 11 heteroatoms. The van der Waals surface area contributed by atoms with Crippen LogP contribution in [0.1, 0.15) is 48.7 Å². The maximum Gasteiger partial charge on any atom is 0.272 e. The molecule has 1 saturated heterocycles. The third-order valence-corrected chi connectivity index (χ3v) is 8.31. The normalized spacial score (nSPS) is 15.3. The minimum absolute atomic E-state index is 0.116. The van der Waals surface area contributed by atoms with Gasteiger partial charge >= 0.3 is 0 Å². The first kappa shape index (κ1) is 25.1. The molecule has 188 valence electrons. The van der Waals surface area contributed by atoms with Gasteiger partial charge in [-0.05, 0) is 55.5 Å². The molecule has 1 aliphatic heterocycles. The molecule has 3 heterocycles. The first-order valence-corrected chi connectivity index (χ1v) is 13.2. The van der Waals surface area contributed by atoms with Crippen LogP contribution in [0.4, 0.5) is 11.5 Å². The maximum absolute atomic E-state index is 13.4. The van der Waals surface area contributed by atoms with Crippen LogP contribution in [0, 0.1) is 5.92 Å². The van der Waals surface area contributed by atoms with Crippen molar-refractivity contribution in [2.75, 3.05) is 39.0 Å². The van der Waals surface area contributed by atoms with Crippen molar-refractivity contribution in [2.24, 2.45) is 11.7 Å². The fraction of sp³-hybridized carbons (Fsp3) is 0.458. The van der Waals surface area contributed by atoms with Crippen LogP contribution in [-0.4, -0.2) is 71.9 Å². The van der Waals surface area contributed by atoms with E-state index in [4.69, 9.17) is 10.7 Å². The Kier molecular flexibility index (Phi) is 7.11. The summed E-state index contributed by atoms with van der Waals surface area (Å²) in [4.78, 5) is 20.1. The van der Waals surface area contributed by atoms with Crippen LogP contribution in [0.2, 0.25) is 0 Å². The SMILES string of the molecule is CC(C)c1cnn2c(Nc3ccc(S(=O)(=O)N(C)C)cc3)cc(C(=O)N3CCC(CN)CC3)nc12. The lowest BCUT2D eigenvalue weighted by Gasteiger charge is -2.31. The van der Waals surface area contributed by atoms with Gasteiger partial charge in [-0.3, -0.25) is 4.79 Å². The number of hydrogen-bond acceptors (Lipinski definition) is 7. The molecule has 1 fully saturated rings. The van der Waals surface area contributed by atoms with Crippen LogP contribution in [0.25, 0.3) is 5.65 Å². The third kappa shape index (κ3) is 5.02. The summed E-state index contributed by atoms with van der Waals surface area (Å²) in [5.74, 6) is 1.09. The zero-order valence-corrected chi connectivity index (χ0v) is 21.4. The molecule has 3 N–H and O–H groups in total. The van der Waals surface area contributed by atoms with E-state index < -0.39 is 10.0 Å². The van der Waals surface area contributed by atoms with Crippen molar-refractivity contribution >= 4 is 33.1 Å². The molecule has 0 atom stereocenters. The van der Waals surface area contributed by atoms with Crippen molar-refractivity contribution < 1.29 is 13.2 Å². The number of hydrogen-bond donors (Lipinski definition) is 2. The van der Waals surface area contributed by atoms with Crippen LogP contribution in [-0.2, 0) is 10.0 Å². The molecular formula is C24H33N7O3S. The predicted molar refractivity (Wildman–Crippen MR) is 135 cm³/mol. The number of benzene rings is 1. The van der Waals surface area contributed by atoms with Gasteiger partial charge in [0.25, 0.3) is 5.91 Å². The number of nitrogens with zero attached hydrogens (tertiary/aromatic N) is 5. The molecule has 0 aliphatic carbocycles. The second kappa shape index (κ2) is 9.92. The van der Waals surface area contributed by atoms with Gasteiger partial charge in [0.1, 0.15) is 11.5 Å². The number of aromatic nitrogens is 3. The van der Waals surface area contributed by atoms with Gasteiger partial charge in [-0.15, -0.1) is 0 Å². The number of amides is 1. The Morgan fingerprint density at radius 3 is 2.43 bits per heavy atom. The third-order valence-electron chi connectivity index (χ3n) is 6.48. The lowest BCUT2D eigenvalue weighted by molar-refractivity contribution is 0.0687. The molecule has 0 unspecified atom stereocenters. The number of carbonyl (C=O) groups is 1. The van der Waals surface area contributed by atoms with Gasteiger partial charge in [0, 0.05) is 44.5 Å². The molecule has 35 heavy (non-hydrogen) atoms. The van der Waals surface area contributed by atoms with Crippen LogP contribution >= 0.6 is 0 Å². The van der Waals surface area contributed by atoms with Crippen LogP contribution in [0.3, 0.4) is 0 Å². The highest BCUT2D eigenvalue weighted by molar-refractivity contribution is 7.89. The summed E-state index contributed by atoms with van der Waals surface area (Å²) < 4.78 is 27.6. The van der Waals surface area contributed by atoms with Gasteiger partial charge < -0.3 is 16.0 Å². The van der Waals surface area contributed by atoms with E-state index >= 15 is 0 Å². The van der Waals surface area contributed by atoms with Crippen molar-refractivity contribution in [1.82, 2.24) is 23.8 Å². The molecule has 1 aromatic carbocycles. The first-order chi connectivity index (χ1) is 16.6. The Labute approximate surface area is 206 Å². The number of rotatable bonds is 7. The lowest BCUT2D eigenvalue weighted by atomic mass is 9.97. The molecule has 1 aliphatic rings. The molecule has 2 aromatic heterocycles. The summed E-state index contributed by atoms with van der Waals surface area (Å²) >= 11 is 0. The molecule has 0 bridgehead atoms. The van der Waals surface area contributed by atoms with Crippen molar-refractivity contribution in [1.29, 1.82) is 0 Å². The highest BCUT2D eigenvalue weighted by Crippen LogP contribution is 2.26. The van der Waals surface area contributed by atoms with E-state index in [9.17, 15) is 13.2 Å². The number of nitrogens with one attached hydrogen (secondary N) is 1. The fourth-order valence-corrected chi connectivity index (χ4v) is 5.09. The number of anilines is 2. The summed E-state index contributed by atoms with van der Waals surface area (Å²) in [6.45, 7) is 6.08. The Balaban J connectivity index is 1.69. The topological polar surface area (TPSA) is 126 Å². The highest BCUT2D eigenvalue weighted by atomic mass is 32.2. The Bertz CT molecular complexity index is 1310. The molecular weight excluding hydrogens is 466 g/mol. The van der Waals surface area contributed by atoms with Gasteiger partial charge in [-0.25, -0.2) is 17.7 Å². The lowest BCUT2D eigenvalue weighted by Crippen LogP contribution is -2.40. The Hall–Kier alpha value is -3.02. The van der Waals surface area contributed by atoms with Crippen molar-refractivity contribution in [2.45, 2.75) is 37.5 Å². The average Bonchev–Trinajstić information content (AvgIpc) is 3.28. The quantitative estimate of drug-likeness (QED) is 0.512. The standard InChI is InChI=1S/C24H33N7O3S/c1-16(2)20-15-26-31-22(27-18-5-7-19(8-6-18)35(33,34)29(3)4)13-21(28-23(20)31)24(32)30-11-9-17(14-25)10-12-30/h5-8,13,15-17,27H,9-12,14,25H2,1-4H3. The van der Waals surface area contributed by atoms with E-state index in [0.717, 1.165) is 18.4 Å². The minimum Gasteiger partial charge on any atom is -0.340 e. The van der Waals surface area contributed by atoms with E-state index in [1.165, 1.54) is 18.4 Å². The van der Waals surface area contributed by atoms with E-state index in [-0.39, 0.29) is 16.7 Å². The second-order valence-electron chi connectivity index (χ2n) is 9.42. The van der Waals surface area contributed by atoms with E-state index in [1.807, 2.05) is 4.90 Å². The highest BCUT2D eigenvalue weighted by Gasteiger charge is 2.26. The first-order valence-electron chi connectivity index (χ1n) is 11.8. The number of fused-ring (bicyclic) bond motifs is 1. The van der Waals surface area contributed by atoms with Gasteiger partial charge in [0.15, 0.2) is 5.65 Å². The molecule has 4 rings (SSSR count). The monoisotopic (exact) mass is 499 g/mol. The number of sulfonamides is 1. The summed E-state index contributed by atoms with van der Waals surface area (Å²) in [5, 5.41) is 7.79. The second-order valence-corrected chi connectivity index (χ2v) is 11.6. The van der Waals surface area contributed by atoms with E-state index in [2.05, 4.69) is 24.3 Å². The van der Waals surface area contributed by atoms with E-state index in [0.29, 0.717) is 48.4 Å². The molecule has 1 amide bonds. The van der Waals surface area contributed by atoms with Crippen LogP contribution < -0.4 is 11.1 Å². The van der Waals surface area contributed by atoms with Crippen molar-refractivity contribution in [3.8, 4) is 0 Å².